The Hall–Kier alpha value is -3.09. The van der Waals surface area contributed by atoms with Crippen molar-refractivity contribution in [2.45, 2.75) is 32.7 Å². The molecule has 2 aromatic carbocycles. The second-order valence-electron chi connectivity index (χ2n) is 5.94. The van der Waals surface area contributed by atoms with E-state index in [9.17, 15) is 14.9 Å². The van der Waals surface area contributed by atoms with E-state index >= 15 is 0 Å². The molecular formula is C19H23N3O4. The number of benzene rings is 2. The van der Waals surface area contributed by atoms with Crippen LogP contribution in [0.2, 0.25) is 0 Å². The molecule has 2 N–H and O–H groups in total. The predicted molar refractivity (Wildman–Crippen MR) is 102 cm³/mol. The van der Waals surface area contributed by atoms with Gasteiger partial charge in [0.15, 0.2) is 0 Å². The summed E-state index contributed by atoms with van der Waals surface area (Å²) in [7, 11) is 1.44. The Morgan fingerprint density at radius 2 is 1.92 bits per heavy atom. The Morgan fingerprint density at radius 1 is 1.23 bits per heavy atom. The predicted octanol–water partition coefficient (Wildman–Crippen LogP) is 4.00. The molecule has 0 aromatic heterocycles. The van der Waals surface area contributed by atoms with E-state index < -0.39 is 11.0 Å². The fraction of sp³-hybridized carbons (Fsp3) is 0.316. The van der Waals surface area contributed by atoms with Crippen molar-refractivity contribution in [1.29, 1.82) is 0 Å². The van der Waals surface area contributed by atoms with Crippen molar-refractivity contribution in [3.8, 4) is 5.75 Å². The van der Waals surface area contributed by atoms with E-state index in [1.165, 1.54) is 30.9 Å². The van der Waals surface area contributed by atoms with Crippen molar-refractivity contribution in [3.05, 3.63) is 58.1 Å². The summed E-state index contributed by atoms with van der Waals surface area (Å²) in [5, 5.41) is 16.7. The quantitative estimate of drug-likeness (QED) is 0.550. The minimum atomic E-state index is -0.531. The summed E-state index contributed by atoms with van der Waals surface area (Å²) in [4.78, 5) is 22.8. The van der Waals surface area contributed by atoms with Gasteiger partial charge in [-0.15, -0.1) is 0 Å². The molecule has 0 bridgehead atoms. The van der Waals surface area contributed by atoms with Gasteiger partial charge in [0.05, 0.1) is 17.7 Å². The topological polar surface area (TPSA) is 93.5 Å². The first kappa shape index (κ1) is 19.2. The first-order valence-corrected chi connectivity index (χ1v) is 8.43. The van der Waals surface area contributed by atoms with E-state index in [1.54, 1.807) is 6.92 Å². The summed E-state index contributed by atoms with van der Waals surface area (Å²) >= 11 is 0. The highest BCUT2D eigenvalue weighted by Gasteiger charge is 2.17. The molecule has 138 valence electrons. The maximum atomic E-state index is 12.4. The Balaban J connectivity index is 2.06. The Labute approximate surface area is 152 Å². The number of ether oxygens (including phenoxy) is 1. The first-order chi connectivity index (χ1) is 12.4. The van der Waals surface area contributed by atoms with E-state index in [2.05, 4.69) is 17.6 Å². The smallest absolute Gasteiger partial charge is 0.271 e. The normalized spacial score (nSPS) is 11.5. The van der Waals surface area contributed by atoms with Crippen molar-refractivity contribution in [2.75, 3.05) is 17.7 Å². The second kappa shape index (κ2) is 8.84. The number of carbonyl (C=O) groups excluding carboxylic acids is 1. The van der Waals surface area contributed by atoms with Gasteiger partial charge in [0, 0.05) is 17.8 Å². The fourth-order valence-corrected chi connectivity index (χ4v) is 2.52. The van der Waals surface area contributed by atoms with E-state index in [-0.39, 0.29) is 17.3 Å². The van der Waals surface area contributed by atoms with Crippen molar-refractivity contribution in [3.63, 3.8) is 0 Å². The summed E-state index contributed by atoms with van der Waals surface area (Å²) in [6.45, 7) is 3.85. The highest BCUT2D eigenvalue weighted by molar-refractivity contribution is 5.97. The minimum absolute atomic E-state index is 0.117. The van der Waals surface area contributed by atoms with Crippen LogP contribution >= 0.6 is 0 Å². The third-order valence-corrected chi connectivity index (χ3v) is 3.92. The number of hydrogen-bond acceptors (Lipinski definition) is 5. The van der Waals surface area contributed by atoms with Gasteiger partial charge in [-0.25, -0.2) is 0 Å². The first-order valence-electron chi connectivity index (χ1n) is 8.43. The van der Waals surface area contributed by atoms with Gasteiger partial charge in [-0.05, 0) is 37.1 Å². The molecule has 0 saturated carbocycles. The van der Waals surface area contributed by atoms with Gasteiger partial charge in [0.25, 0.3) is 5.69 Å². The monoisotopic (exact) mass is 357 g/mol. The van der Waals surface area contributed by atoms with Crippen LogP contribution in [0.3, 0.4) is 0 Å². The number of nitrogens with one attached hydrogen (secondary N) is 2. The number of anilines is 2. The number of carbonyl (C=O) groups is 1. The van der Waals surface area contributed by atoms with E-state index in [4.69, 9.17) is 4.74 Å². The van der Waals surface area contributed by atoms with Gasteiger partial charge in [-0.2, -0.15) is 0 Å². The van der Waals surface area contributed by atoms with Crippen molar-refractivity contribution < 1.29 is 14.5 Å². The van der Waals surface area contributed by atoms with Crippen molar-refractivity contribution in [1.82, 2.24) is 0 Å². The largest absolute Gasteiger partial charge is 0.495 e. The molecule has 0 aliphatic heterocycles. The highest BCUT2D eigenvalue weighted by atomic mass is 16.6. The molecule has 0 fully saturated rings. The molecule has 0 saturated heterocycles. The molecule has 2 rings (SSSR count). The summed E-state index contributed by atoms with van der Waals surface area (Å²) in [5.41, 5.74) is 2.22. The van der Waals surface area contributed by atoms with E-state index in [0.29, 0.717) is 5.75 Å². The van der Waals surface area contributed by atoms with Crippen molar-refractivity contribution in [2.24, 2.45) is 0 Å². The average Bonchev–Trinajstić information content (AvgIpc) is 2.63. The zero-order valence-corrected chi connectivity index (χ0v) is 15.1. The molecule has 1 amide bonds. The Kier molecular flexibility index (Phi) is 6.54. The minimum Gasteiger partial charge on any atom is -0.495 e. The summed E-state index contributed by atoms with van der Waals surface area (Å²) < 4.78 is 5.16. The number of nitro groups is 1. The lowest BCUT2D eigenvalue weighted by Gasteiger charge is -2.17. The molecule has 7 heteroatoms. The van der Waals surface area contributed by atoms with Gasteiger partial charge >= 0.3 is 0 Å². The molecule has 1 atom stereocenters. The lowest BCUT2D eigenvalue weighted by molar-refractivity contribution is -0.384. The number of nitrogens with zero attached hydrogens (tertiary/aromatic N) is 1. The number of amides is 1. The molecule has 0 heterocycles. The van der Waals surface area contributed by atoms with Crippen molar-refractivity contribution >= 4 is 23.0 Å². The third-order valence-electron chi connectivity index (χ3n) is 3.92. The standard InChI is InChI=1S/C19H23N3O4/c1-4-5-14-6-8-15(9-7-14)20-13(2)19(23)21-17-12-16(22(24)25)10-11-18(17)26-3/h6-13,20H,4-5H2,1-3H3,(H,21,23)/t13-/m1/s1. The molecule has 26 heavy (non-hydrogen) atoms. The maximum Gasteiger partial charge on any atom is 0.271 e. The second-order valence-corrected chi connectivity index (χ2v) is 5.94. The average molecular weight is 357 g/mol. The highest BCUT2D eigenvalue weighted by Crippen LogP contribution is 2.29. The molecule has 7 nitrogen and oxygen atoms in total. The molecular weight excluding hydrogens is 334 g/mol. The van der Waals surface area contributed by atoms with Gasteiger partial charge in [-0.3, -0.25) is 14.9 Å². The molecule has 0 aliphatic rings. The lowest BCUT2D eigenvalue weighted by atomic mass is 10.1. The van der Waals surface area contributed by atoms with Crippen LogP contribution in [0.1, 0.15) is 25.8 Å². The number of rotatable bonds is 8. The number of methoxy groups -OCH3 is 1. The summed E-state index contributed by atoms with van der Waals surface area (Å²) in [5.74, 6) is 0.0431. The molecule has 0 radical (unpaired) electrons. The number of hydrogen-bond donors (Lipinski definition) is 2. The molecule has 0 unspecified atom stereocenters. The molecule has 0 spiro atoms. The summed E-state index contributed by atoms with van der Waals surface area (Å²) in [6.07, 6.45) is 2.10. The van der Waals surface area contributed by atoms with Gasteiger partial charge in [0.1, 0.15) is 11.8 Å². The van der Waals surface area contributed by atoms with Gasteiger partial charge in [0.2, 0.25) is 5.91 Å². The van der Waals surface area contributed by atoms with Crippen LogP contribution in [-0.2, 0) is 11.2 Å². The molecule has 0 aliphatic carbocycles. The van der Waals surface area contributed by atoms with E-state index in [1.807, 2.05) is 24.3 Å². The van der Waals surface area contributed by atoms with Gasteiger partial charge < -0.3 is 15.4 Å². The third kappa shape index (κ3) is 4.95. The lowest BCUT2D eigenvalue weighted by Crippen LogP contribution is -2.32. The van der Waals surface area contributed by atoms with Crippen LogP contribution in [0.25, 0.3) is 0 Å². The summed E-state index contributed by atoms with van der Waals surface area (Å²) in [6, 6.07) is 11.5. The van der Waals surface area contributed by atoms with Crippen LogP contribution < -0.4 is 15.4 Å². The van der Waals surface area contributed by atoms with Crippen LogP contribution in [0, 0.1) is 10.1 Å². The SMILES string of the molecule is CCCc1ccc(N[C@H](C)C(=O)Nc2cc([N+](=O)[O-])ccc2OC)cc1. The Bertz CT molecular complexity index is 775. The van der Waals surface area contributed by atoms with Crippen LogP contribution in [0.5, 0.6) is 5.75 Å². The molecule has 2 aromatic rings. The zero-order chi connectivity index (χ0) is 19.1. The maximum absolute atomic E-state index is 12.4. The van der Waals surface area contributed by atoms with Crippen LogP contribution in [0.15, 0.2) is 42.5 Å². The fourth-order valence-electron chi connectivity index (χ4n) is 2.52. The zero-order valence-electron chi connectivity index (χ0n) is 15.1. The van der Waals surface area contributed by atoms with Crippen LogP contribution in [0.4, 0.5) is 17.1 Å². The Morgan fingerprint density at radius 3 is 2.50 bits per heavy atom. The number of aryl methyl sites for hydroxylation is 1. The number of nitro benzene ring substituents is 1. The number of non-ortho nitro benzene ring substituents is 1. The van der Waals surface area contributed by atoms with Crippen LogP contribution in [-0.4, -0.2) is 24.0 Å². The van der Waals surface area contributed by atoms with Gasteiger partial charge in [-0.1, -0.05) is 25.5 Å². The van der Waals surface area contributed by atoms with E-state index in [0.717, 1.165) is 18.5 Å².